The Hall–Kier alpha value is -2.64. The van der Waals surface area contributed by atoms with Crippen LogP contribution in [-0.4, -0.2) is 18.6 Å². The van der Waals surface area contributed by atoms with E-state index in [1.165, 1.54) is 0 Å². The van der Waals surface area contributed by atoms with E-state index in [-0.39, 0.29) is 17.9 Å². The first-order valence-electron chi connectivity index (χ1n) is 8.55. The van der Waals surface area contributed by atoms with Crippen LogP contribution in [0.25, 0.3) is 11.1 Å². The van der Waals surface area contributed by atoms with Crippen LogP contribution in [-0.2, 0) is 16.1 Å². The molecule has 1 atom stereocenters. The van der Waals surface area contributed by atoms with Crippen LogP contribution in [0.1, 0.15) is 31.9 Å². The first kappa shape index (κ1) is 18.7. The minimum atomic E-state index is -0.320. The number of nitrogens with zero attached hydrogens (tertiary/aromatic N) is 1. The largest absolute Gasteiger partial charge is 0.465 e. The van der Waals surface area contributed by atoms with Gasteiger partial charge in [-0.15, -0.1) is 0 Å². The fourth-order valence-electron chi connectivity index (χ4n) is 2.69. The number of esters is 1. The Labute approximate surface area is 149 Å². The maximum atomic E-state index is 12.0. The predicted molar refractivity (Wildman–Crippen MR) is 98.7 cm³/mol. The summed E-state index contributed by atoms with van der Waals surface area (Å²) in [6.07, 6.45) is 0. The summed E-state index contributed by atoms with van der Waals surface area (Å²) < 4.78 is 5.12. The molecule has 25 heavy (non-hydrogen) atoms. The van der Waals surface area contributed by atoms with E-state index in [0.29, 0.717) is 18.7 Å². The summed E-state index contributed by atoms with van der Waals surface area (Å²) in [6, 6.07) is 17.5. The minimum absolute atomic E-state index is 0.154. The highest BCUT2D eigenvalue weighted by atomic mass is 16.5. The first-order valence-corrected chi connectivity index (χ1v) is 8.55. The van der Waals surface area contributed by atoms with Crippen LogP contribution in [0.2, 0.25) is 0 Å². The molecule has 0 aliphatic carbocycles. The molecule has 2 rings (SSSR count). The van der Waals surface area contributed by atoms with Crippen molar-refractivity contribution in [1.82, 2.24) is 5.32 Å². The molecule has 130 valence electrons. The van der Waals surface area contributed by atoms with Crippen LogP contribution < -0.4 is 5.32 Å². The lowest BCUT2D eigenvalue weighted by atomic mass is 9.99. The number of ether oxygens (including phenoxy) is 1. The highest BCUT2D eigenvalue weighted by Gasteiger charge is 2.22. The zero-order valence-corrected chi connectivity index (χ0v) is 15.0. The Morgan fingerprint density at radius 1 is 1.16 bits per heavy atom. The van der Waals surface area contributed by atoms with E-state index < -0.39 is 0 Å². The first-order chi connectivity index (χ1) is 12.1. The molecule has 4 nitrogen and oxygen atoms in total. The maximum absolute atomic E-state index is 12.0. The molecular weight excluding hydrogens is 312 g/mol. The van der Waals surface area contributed by atoms with E-state index in [0.717, 1.165) is 16.7 Å². The molecule has 0 saturated heterocycles. The highest BCUT2D eigenvalue weighted by Crippen LogP contribution is 2.23. The molecular formula is C21H24N2O2. The molecule has 0 amide bonds. The second kappa shape index (κ2) is 9.00. The van der Waals surface area contributed by atoms with Gasteiger partial charge >= 0.3 is 5.97 Å². The van der Waals surface area contributed by atoms with Crippen molar-refractivity contribution in [3.8, 4) is 17.2 Å². The predicted octanol–water partition coefficient (Wildman–Crippen LogP) is 3.90. The number of hydrogen-bond donors (Lipinski definition) is 1. The Morgan fingerprint density at radius 2 is 1.84 bits per heavy atom. The summed E-state index contributed by atoms with van der Waals surface area (Å²) in [5, 5.41) is 12.5. The lowest BCUT2D eigenvalue weighted by Gasteiger charge is -2.20. The molecule has 0 fully saturated rings. The third-order valence-electron chi connectivity index (χ3n) is 4.05. The molecule has 0 aromatic heterocycles. The van der Waals surface area contributed by atoms with Crippen molar-refractivity contribution in [2.24, 2.45) is 5.92 Å². The van der Waals surface area contributed by atoms with Crippen LogP contribution in [0, 0.1) is 17.2 Å². The topological polar surface area (TPSA) is 62.1 Å². The van der Waals surface area contributed by atoms with Gasteiger partial charge < -0.3 is 10.1 Å². The van der Waals surface area contributed by atoms with Crippen molar-refractivity contribution in [3.05, 3.63) is 59.7 Å². The summed E-state index contributed by atoms with van der Waals surface area (Å²) in [4.78, 5) is 12.0. The molecule has 0 bridgehead atoms. The fraction of sp³-hybridized carbons (Fsp3) is 0.333. The summed E-state index contributed by atoms with van der Waals surface area (Å²) >= 11 is 0. The molecule has 0 spiro atoms. The number of rotatable bonds is 7. The van der Waals surface area contributed by atoms with Gasteiger partial charge in [-0.3, -0.25) is 4.79 Å². The van der Waals surface area contributed by atoms with Crippen LogP contribution in [0.3, 0.4) is 0 Å². The molecule has 0 radical (unpaired) electrons. The standard InChI is InChI=1S/C21H24N2O2/c1-4-25-21(24)20(15(2)3)23-14-16-9-11-17(12-10-16)19-8-6-5-7-18(19)13-22/h5-12,15,20,23H,4,14H2,1-3H3/t20-/m0/s1. The molecule has 1 N–H and O–H groups in total. The number of carbonyl (C=O) groups excluding carboxylic acids is 1. The zero-order valence-electron chi connectivity index (χ0n) is 15.0. The van der Waals surface area contributed by atoms with Gasteiger partial charge in [0.05, 0.1) is 18.2 Å². The minimum Gasteiger partial charge on any atom is -0.465 e. The fourth-order valence-corrected chi connectivity index (χ4v) is 2.69. The van der Waals surface area contributed by atoms with E-state index >= 15 is 0 Å². The molecule has 2 aromatic carbocycles. The third kappa shape index (κ3) is 4.91. The van der Waals surface area contributed by atoms with Crippen molar-refractivity contribution in [3.63, 3.8) is 0 Å². The van der Waals surface area contributed by atoms with E-state index in [1.807, 2.05) is 69.3 Å². The molecule has 0 heterocycles. The van der Waals surface area contributed by atoms with Gasteiger partial charge in [0.2, 0.25) is 0 Å². The normalized spacial score (nSPS) is 11.8. The summed E-state index contributed by atoms with van der Waals surface area (Å²) in [5.41, 5.74) is 3.67. The lowest BCUT2D eigenvalue weighted by molar-refractivity contribution is -0.146. The Balaban J connectivity index is 2.07. The van der Waals surface area contributed by atoms with Crippen LogP contribution in [0.4, 0.5) is 0 Å². The second-order valence-corrected chi connectivity index (χ2v) is 6.21. The van der Waals surface area contributed by atoms with Crippen molar-refractivity contribution in [1.29, 1.82) is 5.26 Å². The van der Waals surface area contributed by atoms with E-state index in [1.54, 1.807) is 0 Å². The van der Waals surface area contributed by atoms with Gasteiger partial charge in [-0.1, -0.05) is 56.3 Å². The number of nitrogens with one attached hydrogen (secondary N) is 1. The van der Waals surface area contributed by atoms with E-state index in [9.17, 15) is 10.1 Å². The summed E-state index contributed by atoms with van der Waals surface area (Å²) in [7, 11) is 0. The van der Waals surface area contributed by atoms with Gasteiger partial charge in [-0.2, -0.15) is 5.26 Å². The van der Waals surface area contributed by atoms with E-state index in [4.69, 9.17) is 4.74 Å². The monoisotopic (exact) mass is 336 g/mol. The van der Waals surface area contributed by atoms with Crippen LogP contribution in [0.5, 0.6) is 0 Å². The lowest BCUT2D eigenvalue weighted by Crippen LogP contribution is -2.41. The Bertz CT molecular complexity index is 745. The molecule has 0 saturated carbocycles. The van der Waals surface area contributed by atoms with Crippen molar-refractivity contribution in [2.45, 2.75) is 33.4 Å². The number of nitriles is 1. The van der Waals surface area contributed by atoms with E-state index in [2.05, 4.69) is 11.4 Å². The number of carbonyl (C=O) groups is 1. The number of benzene rings is 2. The van der Waals surface area contributed by atoms with Gasteiger partial charge in [0.1, 0.15) is 6.04 Å². The quantitative estimate of drug-likeness (QED) is 0.779. The third-order valence-corrected chi connectivity index (χ3v) is 4.05. The maximum Gasteiger partial charge on any atom is 0.323 e. The summed E-state index contributed by atoms with van der Waals surface area (Å²) in [5.74, 6) is -0.0575. The van der Waals surface area contributed by atoms with Gasteiger partial charge in [0.25, 0.3) is 0 Å². The highest BCUT2D eigenvalue weighted by molar-refractivity contribution is 5.76. The number of hydrogen-bond acceptors (Lipinski definition) is 4. The van der Waals surface area contributed by atoms with Crippen molar-refractivity contribution >= 4 is 5.97 Å². The average molecular weight is 336 g/mol. The smallest absolute Gasteiger partial charge is 0.323 e. The van der Waals surface area contributed by atoms with Gasteiger partial charge in [-0.25, -0.2) is 0 Å². The second-order valence-electron chi connectivity index (χ2n) is 6.21. The van der Waals surface area contributed by atoms with Gasteiger partial charge in [-0.05, 0) is 35.6 Å². The SMILES string of the molecule is CCOC(=O)[C@@H](NCc1ccc(-c2ccccc2C#N)cc1)C(C)C. The average Bonchev–Trinajstić information content (AvgIpc) is 2.62. The molecule has 2 aromatic rings. The molecule has 0 aliphatic rings. The van der Waals surface area contributed by atoms with Gasteiger partial charge in [0, 0.05) is 6.54 Å². The molecule has 0 aliphatic heterocycles. The Kier molecular flexibility index (Phi) is 6.73. The molecule has 0 unspecified atom stereocenters. The van der Waals surface area contributed by atoms with Crippen LogP contribution >= 0.6 is 0 Å². The Morgan fingerprint density at radius 3 is 2.44 bits per heavy atom. The van der Waals surface area contributed by atoms with Gasteiger partial charge in [0.15, 0.2) is 0 Å². The zero-order chi connectivity index (χ0) is 18.2. The van der Waals surface area contributed by atoms with Crippen molar-refractivity contribution < 1.29 is 9.53 Å². The molecule has 4 heteroatoms. The van der Waals surface area contributed by atoms with Crippen LogP contribution in [0.15, 0.2) is 48.5 Å². The summed E-state index contributed by atoms with van der Waals surface area (Å²) in [6.45, 7) is 6.78. The van der Waals surface area contributed by atoms with Crippen molar-refractivity contribution in [2.75, 3.05) is 6.61 Å².